The highest BCUT2D eigenvalue weighted by molar-refractivity contribution is 9.10. The maximum Gasteiger partial charge on any atom is 0.283 e. The molecule has 3 rings (SSSR count). The summed E-state index contributed by atoms with van der Waals surface area (Å²) in [5.74, 6) is 0.883. The van der Waals surface area contributed by atoms with Gasteiger partial charge in [0, 0.05) is 4.47 Å². The van der Waals surface area contributed by atoms with Crippen LogP contribution >= 0.6 is 15.9 Å². The highest BCUT2D eigenvalue weighted by Gasteiger charge is 2.40. The number of amidine groups is 1. The average molecular weight is 389 g/mol. The van der Waals surface area contributed by atoms with Crippen LogP contribution in [0.5, 0.6) is 5.75 Å². The molecule has 0 saturated heterocycles. The zero-order valence-electron chi connectivity index (χ0n) is 14.0. The molecule has 0 aliphatic carbocycles. The third-order valence-electron chi connectivity index (χ3n) is 4.05. The highest BCUT2D eigenvalue weighted by atomic mass is 79.9. The van der Waals surface area contributed by atoms with Gasteiger partial charge in [0.2, 0.25) is 0 Å². The Morgan fingerprint density at radius 1 is 1.21 bits per heavy atom. The largest absolute Gasteiger partial charge is 0.491 e. The van der Waals surface area contributed by atoms with Gasteiger partial charge in [-0.2, -0.15) is 0 Å². The number of ether oxygens (including phenoxy) is 2. The third-order valence-corrected chi connectivity index (χ3v) is 4.54. The fourth-order valence-electron chi connectivity index (χ4n) is 2.93. The van der Waals surface area contributed by atoms with Crippen LogP contribution in [0.25, 0.3) is 0 Å². The van der Waals surface area contributed by atoms with E-state index in [-0.39, 0.29) is 12.1 Å². The zero-order valence-corrected chi connectivity index (χ0v) is 15.6. The van der Waals surface area contributed by atoms with Crippen molar-refractivity contribution in [3.8, 4) is 5.75 Å². The molecular formula is C19H21BrN2O2. The predicted octanol–water partition coefficient (Wildman–Crippen LogP) is 4.13. The second-order valence-electron chi connectivity index (χ2n) is 6.26. The first-order valence-electron chi connectivity index (χ1n) is 7.93. The lowest BCUT2D eigenvalue weighted by molar-refractivity contribution is 0.240. The maximum absolute atomic E-state index is 5.85. The molecule has 2 aromatic rings. The van der Waals surface area contributed by atoms with E-state index in [0.29, 0.717) is 6.61 Å². The van der Waals surface area contributed by atoms with Gasteiger partial charge in [0.05, 0.1) is 6.10 Å². The van der Waals surface area contributed by atoms with Crippen LogP contribution in [0.1, 0.15) is 30.5 Å². The van der Waals surface area contributed by atoms with Crippen molar-refractivity contribution in [3.05, 3.63) is 63.6 Å². The summed E-state index contributed by atoms with van der Waals surface area (Å²) in [5.41, 5.74) is 8.36. The molecule has 0 bridgehead atoms. The Morgan fingerprint density at radius 3 is 2.54 bits per heavy atom. The summed E-state index contributed by atoms with van der Waals surface area (Å²) in [7, 11) is 0. The molecule has 1 aliphatic heterocycles. The minimum Gasteiger partial charge on any atom is -0.491 e. The van der Waals surface area contributed by atoms with Crippen LogP contribution < -0.4 is 10.5 Å². The summed E-state index contributed by atoms with van der Waals surface area (Å²) in [4.78, 5) is 4.64. The van der Waals surface area contributed by atoms with E-state index in [0.717, 1.165) is 26.9 Å². The summed E-state index contributed by atoms with van der Waals surface area (Å²) in [6.07, 6.45) is 0.136. The standard InChI is InChI=1S/C19H21BrN2O2/c1-12(2)24-17-8-7-15(9-13(17)3)19(11-23-18(21)22-19)14-5-4-6-16(20)10-14/h4-10,12H,11H2,1-3H3,(H2,21,22). The van der Waals surface area contributed by atoms with Crippen LogP contribution in [0.4, 0.5) is 0 Å². The van der Waals surface area contributed by atoms with Crippen LogP contribution in [-0.4, -0.2) is 18.7 Å². The predicted molar refractivity (Wildman–Crippen MR) is 99.4 cm³/mol. The minimum absolute atomic E-state index is 0.136. The Bertz CT molecular complexity index is 789. The Hall–Kier alpha value is -2.01. The summed E-state index contributed by atoms with van der Waals surface area (Å²) in [5, 5.41) is 0. The number of benzene rings is 2. The van der Waals surface area contributed by atoms with Gasteiger partial charge >= 0.3 is 0 Å². The van der Waals surface area contributed by atoms with E-state index >= 15 is 0 Å². The minimum atomic E-state index is -0.630. The van der Waals surface area contributed by atoms with Crippen LogP contribution in [0.15, 0.2) is 51.9 Å². The quantitative estimate of drug-likeness (QED) is 0.856. The van der Waals surface area contributed by atoms with Crippen LogP contribution in [-0.2, 0) is 10.3 Å². The van der Waals surface area contributed by atoms with Gasteiger partial charge in [0.25, 0.3) is 6.02 Å². The lowest BCUT2D eigenvalue weighted by Gasteiger charge is -2.26. The van der Waals surface area contributed by atoms with Gasteiger partial charge in [-0.3, -0.25) is 0 Å². The van der Waals surface area contributed by atoms with E-state index < -0.39 is 5.54 Å². The first-order chi connectivity index (χ1) is 11.4. The normalized spacial score (nSPS) is 20.0. The molecule has 2 aromatic carbocycles. The Morgan fingerprint density at radius 2 is 1.96 bits per heavy atom. The van der Waals surface area contributed by atoms with Crippen LogP contribution in [0, 0.1) is 6.92 Å². The van der Waals surface area contributed by atoms with E-state index in [1.54, 1.807) is 0 Å². The van der Waals surface area contributed by atoms with E-state index in [1.165, 1.54) is 0 Å². The smallest absolute Gasteiger partial charge is 0.283 e. The average Bonchev–Trinajstić information content (AvgIpc) is 2.92. The van der Waals surface area contributed by atoms with Crippen molar-refractivity contribution in [2.75, 3.05) is 6.61 Å². The molecule has 126 valence electrons. The fourth-order valence-corrected chi connectivity index (χ4v) is 3.33. The second kappa shape index (κ2) is 6.48. The molecule has 1 heterocycles. The van der Waals surface area contributed by atoms with E-state index in [2.05, 4.69) is 33.1 Å². The van der Waals surface area contributed by atoms with E-state index in [1.807, 2.05) is 51.1 Å². The summed E-state index contributed by atoms with van der Waals surface area (Å²) >= 11 is 3.53. The molecular weight excluding hydrogens is 368 g/mol. The first-order valence-corrected chi connectivity index (χ1v) is 8.72. The maximum atomic E-state index is 5.85. The molecule has 0 spiro atoms. The first kappa shape index (κ1) is 16.8. The van der Waals surface area contributed by atoms with Crippen molar-refractivity contribution in [1.82, 2.24) is 0 Å². The van der Waals surface area contributed by atoms with Gasteiger partial charge in [-0.1, -0.05) is 34.1 Å². The summed E-state index contributed by atoms with van der Waals surface area (Å²) in [6.45, 7) is 6.47. The Labute approximate surface area is 150 Å². The number of aliphatic imine (C=N–C) groups is 1. The molecule has 5 heteroatoms. The van der Waals surface area contributed by atoms with Gasteiger partial charge in [-0.15, -0.1) is 0 Å². The highest BCUT2D eigenvalue weighted by Crippen LogP contribution is 2.39. The van der Waals surface area contributed by atoms with Crippen molar-refractivity contribution < 1.29 is 9.47 Å². The zero-order chi connectivity index (χ0) is 17.3. The number of nitrogens with two attached hydrogens (primary N) is 1. The van der Waals surface area contributed by atoms with Crippen molar-refractivity contribution in [2.24, 2.45) is 10.7 Å². The summed E-state index contributed by atoms with van der Waals surface area (Å²) in [6, 6.07) is 14.4. The van der Waals surface area contributed by atoms with Crippen molar-refractivity contribution in [1.29, 1.82) is 0 Å². The Kier molecular flexibility index (Phi) is 4.54. The molecule has 1 aliphatic rings. The lowest BCUT2D eigenvalue weighted by atomic mass is 9.83. The number of hydrogen-bond acceptors (Lipinski definition) is 4. The van der Waals surface area contributed by atoms with Gasteiger partial charge in [-0.05, 0) is 61.7 Å². The number of hydrogen-bond donors (Lipinski definition) is 1. The molecule has 0 fully saturated rings. The second-order valence-corrected chi connectivity index (χ2v) is 7.17. The molecule has 0 amide bonds. The lowest BCUT2D eigenvalue weighted by Crippen LogP contribution is -2.27. The van der Waals surface area contributed by atoms with E-state index in [9.17, 15) is 0 Å². The molecule has 1 unspecified atom stereocenters. The van der Waals surface area contributed by atoms with Crippen LogP contribution in [0.2, 0.25) is 0 Å². The molecule has 0 radical (unpaired) electrons. The monoisotopic (exact) mass is 388 g/mol. The van der Waals surface area contributed by atoms with Crippen molar-refractivity contribution >= 4 is 22.0 Å². The summed E-state index contributed by atoms with van der Waals surface area (Å²) < 4.78 is 12.4. The number of rotatable bonds is 4. The van der Waals surface area contributed by atoms with Crippen LogP contribution in [0.3, 0.4) is 0 Å². The number of aryl methyl sites for hydroxylation is 1. The van der Waals surface area contributed by atoms with Gasteiger partial charge in [0.15, 0.2) is 5.54 Å². The third kappa shape index (κ3) is 3.13. The van der Waals surface area contributed by atoms with E-state index in [4.69, 9.17) is 15.2 Å². The molecule has 0 saturated carbocycles. The SMILES string of the molecule is Cc1cc(C2(c3cccc(Br)c3)COC(N)=N2)ccc1OC(C)C. The topological polar surface area (TPSA) is 56.8 Å². The number of nitrogens with zero attached hydrogens (tertiary/aromatic N) is 1. The van der Waals surface area contributed by atoms with Crippen molar-refractivity contribution in [2.45, 2.75) is 32.4 Å². The molecule has 2 N–H and O–H groups in total. The molecule has 1 atom stereocenters. The fraction of sp³-hybridized carbons (Fsp3) is 0.316. The van der Waals surface area contributed by atoms with Gasteiger partial charge in [-0.25, -0.2) is 4.99 Å². The Balaban J connectivity index is 2.10. The van der Waals surface area contributed by atoms with Crippen molar-refractivity contribution in [3.63, 3.8) is 0 Å². The molecule has 0 aromatic heterocycles. The number of halogens is 1. The van der Waals surface area contributed by atoms with Gasteiger partial charge in [0.1, 0.15) is 12.4 Å². The van der Waals surface area contributed by atoms with Gasteiger partial charge < -0.3 is 15.2 Å². The molecule has 24 heavy (non-hydrogen) atoms. The molecule has 4 nitrogen and oxygen atoms in total.